The largest absolute Gasteiger partial charge is 0.318 e. The van der Waals surface area contributed by atoms with Crippen molar-refractivity contribution >= 4 is 11.6 Å². The summed E-state index contributed by atoms with van der Waals surface area (Å²) in [6.07, 6.45) is -0.0324. The van der Waals surface area contributed by atoms with E-state index in [9.17, 15) is 4.79 Å². The number of likely N-dealkylation sites (N-methyl/N-ethyl adjacent to an activating group) is 1. The average Bonchev–Trinajstić information content (AvgIpc) is 2.33. The van der Waals surface area contributed by atoms with E-state index in [0.717, 1.165) is 5.56 Å². The summed E-state index contributed by atoms with van der Waals surface area (Å²) in [5.74, 6) is 0.290. The standard InChI is InChI=1S/C13H17N3O/c1-9(2)12-15-14-11(13(17)16(12)3)10-7-5-4-6-8-10/h4-9,12,15H,1-3H3. The summed E-state index contributed by atoms with van der Waals surface area (Å²) in [5.41, 5.74) is 4.36. The van der Waals surface area contributed by atoms with Crippen LogP contribution in [-0.4, -0.2) is 29.7 Å². The molecule has 0 bridgehead atoms. The van der Waals surface area contributed by atoms with Crippen LogP contribution >= 0.6 is 0 Å². The first-order valence-corrected chi connectivity index (χ1v) is 5.77. The highest BCUT2D eigenvalue weighted by Gasteiger charge is 2.30. The minimum Gasteiger partial charge on any atom is -0.318 e. The summed E-state index contributed by atoms with van der Waals surface area (Å²) in [4.78, 5) is 13.9. The van der Waals surface area contributed by atoms with Crippen LogP contribution in [0.5, 0.6) is 0 Å². The Morgan fingerprint density at radius 1 is 1.29 bits per heavy atom. The first kappa shape index (κ1) is 11.6. The van der Waals surface area contributed by atoms with Crippen molar-refractivity contribution in [3.8, 4) is 0 Å². The monoisotopic (exact) mass is 231 g/mol. The molecule has 2 rings (SSSR count). The highest BCUT2D eigenvalue weighted by atomic mass is 16.2. The molecule has 0 spiro atoms. The van der Waals surface area contributed by atoms with Crippen LogP contribution in [0.1, 0.15) is 19.4 Å². The van der Waals surface area contributed by atoms with Crippen LogP contribution in [0.4, 0.5) is 0 Å². The highest BCUT2D eigenvalue weighted by Crippen LogP contribution is 2.14. The summed E-state index contributed by atoms with van der Waals surface area (Å²) in [6.45, 7) is 4.12. The Morgan fingerprint density at radius 2 is 1.94 bits per heavy atom. The minimum absolute atomic E-state index is 0.0324. The SMILES string of the molecule is CC(C)C1NN=C(c2ccccc2)C(=O)N1C. The van der Waals surface area contributed by atoms with Crippen LogP contribution in [0.3, 0.4) is 0 Å². The van der Waals surface area contributed by atoms with E-state index >= 15 is 0 Å². The van der Waals surface area contributed by atoms with Gasteiger partial charge in [0.2, 0.25) is 0 Å². The fraction of sp³-hybridized carbons (Fsp3) is 0.385. The van der Waals surface area contributed by atoms with E-state index in [4.69, 9.17) is 0 Å². The van der Waals surface area contributed by atoms with Gasteiger partial charge in [0.25, 0.3) is 5.91 Å². The zero-order chi connectivity index (χ0) is 12.4. The molecule has 1 aromatic rings. The summed E-state index contributed by atoms with van der Waals surface area (Å²) >= 11 is 0. The Morgan fingerprint density at radius 3 is 2.53 bits per heavy atom. The molecule has 0 radical (unpaired) electrons. The first-order valence-electron chi connectivity index (χ1n) is 5.77. The molecule has 1 heterocycles. The Hall–Kier alpha value is -1.84. The molecule has 90 valence electrons. The van der Waals surface area contributed by atoms with Gasteiger partial charge >= 0.3 is 0 Å². The second-order valence-electron chi connectivity index (χ2n) is 4.56. The number of carbonyl (C=O) groups excluding carboxylic acids is 1. The molecule has 0 aromatic heterocycles. The number of benzene rings is 1. The lowest BCUT2D eigenvalue weighted by molar-refractivity contribution is -0.127. The van der Waals surface area contributed by atoms with E-state index in [1.807, 2.05) is 30.3 Å². The summed E-state index contributed by atoms with van der Waals surface area (Å²) in [5, 5.41) is 4.21. The van der Waals surface area contributed by atoms with Gasteiger partial charge in [0, 0.05) is 12.6 Å². The molecule has 1 unspecified atom stereocenters. The van der Waals surface area contributed by atoms with Gasteiger partial charge in [-0.1, -0.05) is 44.2 Å². The van der Waals surface area contributed by atoms with Crippen LogP contribution in [0.15, 0.2) is 35.4 Å². The zero-order valence-electron chi connectivity index (χ0n) is 10.3. The average molecular weight is 231 g/mol. The van der Waals surface area contributed by atoms with Gasteiger partial charge in [-0.05, 0) is 5.92 Å². The fourth-order valence-electron chi connectivity index (χ4n) is 1.94. The van der Waals surface area contributed by atoms with Gasteiger partial charge in [0.05, 0.1) is 0 Å². The molecule has 1 aliphatic rings. The molecule has 0 fully saturated rings. The Bertz CT molecular complexity index is 439. The molecule has 0 aliphatic carbocycles. The number of hydrogen-bond donors (Lipinski definition) is 1. The third-order valence-electron chi connectivity index (χ3n) is 2.93. The molecule has 1 aliphatic heterocycles. The number of amides is 1. The van der Waals surface area contributed by atoms with Crippen LogP contribution in [-0.2, 0) is 4.79 Å². The second-order valence-corrected chi connectivity index (χ2v) is 4.56. The van der Waals surface area contributed by atoms with Gasteiger partial charge in [0.15, 0.2) is 5.71 Å². The number of nitrogens with zero attached hydrogens (tertiary/aromatic N) is 2. The predicted octanol–water partition coefficient (Wildman–Crippen LogP) is 1.43. The van der Waals surface area contributed by atoms with Gasteiger partial charge < -0.3 is 4.90 Å². The first-order chi connectivity index (χ1) is 8.11. The lowest BCUT2D eigenvalue weighted by Crippen LogP contribution is -2.54. The van der Waals surface area contributed by atoms with Crippen LogP contribution in [0.2, 0.25) is 0 Å². The molecule has 17 heavy (non-hydrogen) atoms. The molecule has 4 heteroatoms. The van der Waals surface area contributed by atoms with E-state index in [-0.39, 0.29) is 12.1 Å². The number of carbonyl (C=O) groups is 1. The lowest BCUT2D eigenvalue weighted by Gasteiger charge is -2.34. The molecule has 1 aromatic carbocycles. The number of hydrazone groups is 1. The molecule has 1 amide bonds. The van der Waals surface area contributed by atoms with Gasteiger partial charge in [-0.3, -0.25) is 10.2 Å². The molecule has 1 atom stereocenters. The third-order valence-corrected chi connectivity index (χ3v) is 2.93. The number of hydrogen-bond acceptors (Lipinski definition) is 3. The normalized spacial score (nSPS) is 20.2. The van der Waals surface area contributed by atoms with Gasteiger partial charge in [-0.2, -0.15) is 5.10 Å². The predicted molar refractivity (Wildman–Crippen MR) is 67.5 cm³/mol. The van der Waals surface area contributed by atoms with Gasteiger partial charge in [0.1, 0.15) is 6.17 Å². The molecule has 1 N–H and O–H groups in total. The van der Waals surface area contributed by atoms with Crippen molar-refractivity contribution in [2.75, 3.05) is 7.05 Å². The molecular formula is C13H17N3O. The van der Waals surface area contributed by atoms with Crippen molar-refractivity contribution in [2.24, 2.45) is 11.0 Å². The van der Waals surface area contributed by atoms with Gasteiger partial charge in [-0.25, -0.2) is 0 Å². The zero-order valence-corrected chi connectivity index (χ0v) is 10.3. The third kappa shape index (κ3) is 2.16. The molecule has 4 nitrogen and oxygen atoms in total. The topological polar surface area (TPSA) is 44.7 Å². The summed E-state index contributed by atoms with van der Waals surface area (Å²) in [7, 11) is 1.80. The van der Waals surface area contributed by atoms with Crippen molar-refractivity contribution in [1.82, 2.24) is 10.3 Å². The Labute approximate surface area is 101 Å². The Kier molecular flexibility index (Phi) is 3.13. The smallest absolute Gasteiger partial charge is 0.276 e. The van der Waals surface area contributed by atoms with E-state index in [2.05, 4.69) is 24.4 Å². The minimum atomic E-state index is -0.0337. The fourth-order valence-corrected chi connectivity index (χ4v) is 1.94. The summed E-state index contributed by atoms with van der Waals surface area (Å²) in [6, 6.07) is 9.51. The van der Waals surface area contributed by atoms with E-state index in [1.54, 1.807) is 11.9 Å². The quantitative estimate of drug-likeness (QED) is 0.837. The van der Waals surface area contributed by atoms with Crippen molar-refractivity contribution in [3.63, 3.8) is 0 Å². The van der Waals surface area contributed by atoms with Crippen molar-refractivity contribution in [1.29, 1.82) is 0 Å². The number of nitrogens with one attached hydrogen (secondary N) is 1. The maximum atomic E-state index is 12.2. The Balaban J connectivity index is 2.30. The second kappa shape index (κ2) is 4.57. The highest BCUT2D eigenvalue weighted by molar-refractivity contribution is 6.45. The van der Waals surface area contributed by atoms with Crippen LogP contribution < -0.4 is 5.43 Å². The van der Waals surface area contributed by atoms with Gasteiger partial charge in [-0.15, -0.1) is 0 Å². The molecular weight excluding hydrogens is 214 g/mol. The van der Waals surface area contributed by atoms with E-state index in [0.29, 0.717) is 11.6 Å². The molecule has 0 saturated heterocycles. The van der Waals surface area contributed by atoms with Crippen molar-refractivity contribution in [3.05, 3.63) is 35.9 Å². The van der Waals surface area contributed by atoms with E-state index < -0.39 is 0 Å². The van der Waals surface area contributed by atoms with Crippen molar-refractivity contribution < 1.29 is 4.79 Å². The van der Waals surface area contributed by atoms with Crippen LogP contribution in [0, 0.1) is 5.92 Å². The van der Waals surface area contributed by atoms with Crippen molar-refractivity contribution in [2.45, 2.75) is 20.0 Å². The van der Waals surface area contributed by atoms with E-state index in [1.165, 1.54) is 0 Å². The molecule has 0 saturated carbocycles. The maximum absolute atomic E-state index is 12.2. The number of rotatable bonds is 2. The lowest BCUT2D eigenvalue weighted by atomic mass is 10.1. The van der Waals surface area contributed by atoms with Crippen LogP contribution in [0.25, 0.3) is 0 Å². The summed E-state index contributed by atoms with van der Waals surface area (Å²) < 4.78 is 0. The maximum Gasteiger partial charge on any atom is 0.276 e.